The van der Waals surface area contributed by atoms with Gasteiger partial charge >= 0.3 is 0 Å². The van der Waals surface area contributed by atoms with E-state index >= 15 is 0 Å². The van der Waals surface area contributed by atoms with Gasteiger partial charge in [0.2, 0.25) is 0 Å². The summed E-state index contributed by atoms with van der Waals surface area (Å²) in [6, 6.07) is 12.0. The molecule has 1 aromatic carbocycles. The lowest BCUT2D eigenvalue weighted by Crippen LogP contribution is -2.32. The molecule has 1 amide bonds. The quantitative estimate of drug-likeness (QED) is 0.735. The van der Waals surface area contributed by atoms with Gasteiger partial charge in [-0.1, -0.05) is 12.1 Å². The van der Waals surface area contributed by atoms with E-state index in [9.17, 15) is 4.79 Å². The third-order valence-electron chi connectivity index (χ3n) is 4.03. The number of aryl methyl sites for hydroxylation is 3. The van der Waals surface area contributed by atoms with Crippen LogP contribution in [0.2, 0.25) is 0 Å². The number of hydrogen-bond acceptors (Lipinski definition) is 2. The zero-order chi connectivity index (χ0) is 16.6. The van der Waals surface area contributed by atoms with E-state index < -0.39 is 0 Å². The van der Waals surface area contributed by atoms with Crippen LogP contribution < -0.4 is 4.90 Å². The molecule has 3 rings (SSSR count). The van der Waals surface area contributed by atoms with Crippen molar-refractivity contribution in [1.29, 1.82) is 0 Å². The number of imidazole rings is 1. The maximum absolute atomic E-state index is 13.1. The lowest BCUT2D eigenvalue weighted by atomic mass is 10.2. The van der Waals surface area contributed by atoms with Gasteiger partial charge in [-0.05, 0) is 63.1 Å². The molecule has 0 radical (unpaired) electrons. The summed E-state index contributed by atoms with van der Waals surface area (Å²) in [4.78, 5) is 19.5. The van der Waals surface area contributed by atoms with Gasteiger partial charge in [0.15, 0.2) is 0 Å². The minimum Gasteiger partial charge on any atom is -0.307 e. The maximum atomic E-state index is 13.1. The van der Waals surface area contributed by atoms with Gasteiger partial charge in [-0.25, -0.2) is 4.98 Å². The topological polar surface area (TPSA) is 37.6 Å². The largest absolute Gasteiger partial charge is 0.307 e. The first-order valence-corrected chi connectivity index (χ1v) is 7.85. The van der Waals surface area contributed by atoms with E-state index in [1.807, 2.05) is 74.7 Å². The lowest BCUT2D eigenvalue weighted by Gasteiger charge is -2.21. The Hall–Kier alpha value is -2.62. The summed E-state index contributed by atoms with van der Waals surface area (Å²) in [5.74, 6) is -0.0213. The summed E-state index contributed by atoms with van der Waals surface area (Å²) in [5.41, 5.74) is 5.38. The van der Waals surface area contributed by atoms with Crippen LogP contribution in [0.4, 0.5) is 5.69 Å². The van der Waals surface area contributed by atoms with Crippen molar-refractivity contribution >= 4 is 17.2 Å². The van der Waals surface area contributed by atoms with Crippen LogP contribution in [0.1, 0.15) is 34.2 Å². The summed E-state index contributed by atoms with van der Waals surface area (Å²) in [7, 11) is 0. The van der Waals surface area contributed by atoms with Gasteiger partial charge in [0.05, 0.1) is 5.69 Å². The van der Waals surface area contributed by atoms with Gasteiger partial charge < -0.3 is 4.90 Å². The number of benzene rings is 1. The Kier molecular flexibility index (Phi) is 3.90. The van der Waals surface area contributed by atoms with Gasteiger partial charge in [-0.3, -0.25) is 9.20 Å². The summed E-state index contributed by atoms with van der Waals surface area (Å²) in [6.07, 6.45) is 1.92. The van der Waals surface area contributed by atoms with Crippen molar-refractivity contribution < 1.29 is 4.79 Å². The van der Waals surface area contributed by atoms with Gasteiger partial charge in [0.1, 0.15) is 11.3 Å². The predicted octanol–water partition coefficient (Wildman–Crippen LogP) is 3.93. The zero-order valence-corrected chi connectivity index (χ0v) is 14.0. The fourth-order valence-corrected chi connectivity index (χ4v) is 2.89. The molecule has 0 saturated heterocycles. The number of carbonyl (C=O) groups is 1. The zero-order valence-electron chi connectivity index (χ0n) is 14.0. The second kappa shape index (κ2) is 5.88. The van der Waals surface area contributed by atoms with E-state index in [0.717, 1.165) is 28.2 Å². The van der Waals surface area contributed by atoms with Crippen LogP contribution in [0.25, 0.3) is 5.65 Å². The molecule has 23 heavy (non-hydrogen) atoms. The highest BCUT2D eigenvalue weighted by molar-refractivity contribution is 6.06. The molecule has 3 aromatic rings. The SMILES string of the molecule is CCN(C(=O)c1c(C)nc2cc(C)ccn12)c1cccc(C)c1. The molecule has 0 fully saturated rings. The molecule has 0 saturated carbocycles. The number of amides is 1. The Morgan fingerprint density at radius 1 is 1.13 bits per heavy atom. The molecule has 0 aliphatic rings. The van der Waals surface area contributed by atoms with Crippen LogP contribution in [0.3, 0.4) is 0 Å². The molecule has 2 aromatic heterocycles. The number of pyridine rings is 1. The fraction of sp³-hybridized carbons (Fsp3) is 0.263. The van der Waals surface area contributed by atoms with E-state index in [1.165, 1.54) is 0 Å². The lowest BCUT2D eigenvalue weighted by molar-refractivity contribution is 0.0982. The van der Waals surface area contributed by atoms with Crippen molar-refractivity contribution in [2.75, 3.05) is 11.4 Å². The number of carbonyl (C=O) groups excluding carboxylic acids is 1. The number of aromatic nitrogens is 2. The smallest absolute Gasteiger partial charge is 0.277 e. The molecule has 0 N–H and O–H groups in total. The summed E-state index contributed by atoms with van der Waals surface area (Å²) < 4.78 is 1.88. The van der Waals surface area contributed by atoms with Crippen LogP contribution in [-0.2, 0) is 0 Å². The Balaban J connectivity index is 2.10. The van der Waals surface area contributed by atoms with Crippen molar-refractivity contribution in [3.63, 3.8) is 0 Å². The average Bonchev–Trinajstić information content (AvgIpc) is 2.82. The number of anilines is 1. The van der Waals surface area contributed by atoms with Crippen molar-refractivity contribution in [2.45, 2.75) is 27.7 Å². The van der Waals surface area contributed by atoms with Crippen molar-refractivity contribution in [3.8, 4) is 0 Å². The van der Waals surface area contributed by atoms with E-state index in [1.54, 1.807) is 4.90 Å². The molecule has 0 unspecified atom stereocenters. The highest BCUT2D eigenvalue weighted by Gasteiger charge is 2.22. The highest BCUT2D eigenvalue weighted by Crippen LogP contribution is 2.21. The van der Waals surface area contributed by atoms with E-state index in [2.05, 4.69) is 4.98 Å². The first-order valence-electron chi connectivity index (χ1n) is 7.85. The molecule has 0 spiro atoms. The van der Waals surface area contributed by atoms with E-state index in [0.29, 0.717) is 12.2 Å². The molecular weight excluding hydrogens is 286 g/mol. The first kappa shape index (κ1) is 15.3. The van der Waals surface area contributed by atoms with Crippen molar-refractivity contribution in [3.05, 3.63) is 65.1 Å². The Morgan fingerprint density at radius 3 is 2.57 bits per heavy atom. The van der Waals surface area contributed by atoms with Crippen molar-refractivity contribution in [2.24, 2.45) is 0 Å². The molecular formula is C19H21N3O. The Labute approximate surface area is 136 Å². The summed E-state index contributed by atoms with van der Waals surface area (Å²) in [5, 5.41) is 0. The summed E-state index contributed by atoms with van der Waals surface area (Å²) >= 11 is 0. The molecule has 4 heteroatoms. The van der Waals surface area contributed by atoms with Crippen LogP contribution >= 0.6 is 0 Å². The second-order valence-electron chi connectivity index (χ2n) is 5.87. The monoisotopic (exact) mass is 307 g/mol. The van der Waals surface area contributed by atoms with Crippen LogP contribution in [0.5, 0.6) is 0 Å². The third-order valence-corrected chi connectivity index (χ3v) is 4.03. The molecule has 2 heterocycles. The first-order chi connectivity index (χ1) is 11.0. The van der Waals surface area contributed by atoms with E-state index in [4.69, 9.17) is 0 Å². The molecule has 118 valence electrons. The molecule has 4 nitrogen and oxygen atoms in total. The second-order valence-corrected chi connectivity index (χ2v) is 5.87. The Bertz CT molecular complexity index is 879. The number of fused-ring (bicyclic) bond motifs is 1. The van der Waals surface area contributed by atoms with Crippen molar-refractivity contribution in [1.82, 2.24) is 9.38 Å². The minimum atomic E-state index is -0.0213. The predicted molar refractivity (Wildman–Crippen MR) is 93.2 cm³/mol. The third kappa shape index (κ3) is 2.72. The molecule has 0 atom stereocenters. The molecule has 0 aliphatic heterocycles. The van der Waals surface area contributed by atoms with E-state index in [-0.39, 0.29) is 5.91 Å². The van der Waals surface area contributed by atoms with Crippen LogP contribution in [0.15, 0.2) is 42.6 Å². The standard InChI is InChI=1S/C19H21N3O/c1-5-21(16-8-6-7-13(2)11-16)19(23)18-15(4)20-17-12-14(3)9-10-22(17)18/h6-12H,5H2,1-4H3. The summed E-state index contributed by atoms with van der Waals surface area (Å²) in [6.45, 7) is 8.55. The van der Waals surface area contributed by atoms with Gasteiger partial charge in [0, 0.05) is 18.4 Å². The number of hydrogen-bond donors (Lipinski definition) is 0. The number of nitrogens with zero attached hydrogens (tertiary/aromatic N) is 3. The number of rotatable bonds is 3. The van der Waals surface area contributed by atoms with Gasteiger partial charge in [0.25, 0.3) is 5.91 Å². The maximum Gasteiger partial charge on any atom is 0.277 e. The fourth-order valence-electron chi connectivity index (χ4n) is 2.89. The van der Waals surface area contributed by atoms with Crippen LogP contribution in [0, 0.1) is 20.8 Å². The normalized spacial score (nSPS) is 11.0. The van der Waals surface area contributed by atoms with Crippen LogP contribution in [-0.4, -0.2) is 21.8 Å². The van der Waals surface area contributed by atoms with Gasteiger partial charge in [-0.15, -0.1) is 0 Å². The molecule has 0 bridgehead atoms. The average molecular weight is 307 g/mol. The highest BCUT2D eigenvalue weighted by atomic mass is 16.2. The molecule has 0 aliphatic carbocycles. The minimum absolute atomic E-state index is 0.0213. The van der Waals surface area contributed by atoms with Gasteiger partial charge in [-0.2, -0.15) is 0 Å². The Morgan fingerprint density at radius 2 is 1.87 bits per heavy atom.